The Kier molecular flexibility index (Phi) is 7.24. The van der Waals surface area contributed by atoms with E-state index in [9.17, 15) is 0 Å². The second-order valence-electron chi connectivity index (χ2n) is 10.0. The molecule has 0 unspecified atom stereocenters. The van der Waals surface area contributed by atoms with Gasteiger partial charge in [0, 0.05) is 0 Å². The zero-order chi connectivity index (χ0) is 27.2. The summed E-state index contributed by atoms with van der Waals surface area (Å²) in [5.41, 5.74) is 10.7. The van der Waals surface area contributed by atoms with Gasteiger partial charge in [0.05, 0.1) is 5.41 Å². The number of hydrogen-bond donors (Lipinski definition) is 0. The van der Waals surface area contributed by atoms with E-state index in [1.54, 1.807) is 0 Å². The van der Waals surface area contributed by atoms with E-state index >= 15 is 0 Å². The van der Waals surface area contributed by atoms with Crippen molar-refractivity contribution >= 4 is 22.3 Å². The zero-order valence-corrected chi connectivity index (χ0v) is 22.7. The maximum atomic E-state index is 2.41. The number of rotatable bonds is 7. The molecule has 0 saturated heterocycles. The first-order valence-corrected chi connectivity index (χ1v) is 13.9. The van der Waals surface area contributed by atoms with E-state index in [1.165, 1.54) is 50.1 Å². The summed E-state index contributed by atoms with van der Waals surface area (Å²) in [6.45, 7) is 2.07. The van der Waals surface area contributed by atoms with Crippen LogP contribution in [0.25, 0.3) is 22.3 Å². The van der Waals surface area contributed by atoms with Gasteiger partial charge in [-0.25, -0.2) is 0 Å². The molecule has 1 aliphatic rings. The molecular weight excluding hydrogens is 480 g/mol. The van der Waals surface area contributed by atoms with Crippen LogP contribution in [0, 0.1) is 0 Å². The van der Waals surface area contributed by atoms with Crippen molar-refractivity contribution < 1.29 is 0 Å². The lowest BCUT2D eigenvalue weighted by Gasteiger charge is -2.35. The van der Waals surface area contributed by atoms with Crippen molar-refractivity contribution in [3.8, 4) is 0 Å². The smallest absolute Gasteiger partial charge is 0.0659 e. The minimum atomic E-state index is -0.542. The molecule has 0 bridgehead atoms. The lowest BCUT2D eigenvalue weighted by Crippen LogP contribution is -2.26. The molecule has 0 N–H and O–H groups in total. The number of hydrogen-bond acceptors (Lipinski definition) is 0. The van der Waals surface area contributed by atoms with E-state index in [2.05, 4.69) is 183 Å². The van der Waals surface area contributed by atoms with Gasteiger partial charge in [0.25, 0.3) is 0 Å². The fourth-order valence-electron chi connectivity index (χ4n) is 6.07. The molecule has 0 heterocycles. The summed E-state index contributed by atoms with van der Waals surface area (Å²) in [4.78, 5) is 0. The summed E-state index contributed by atoms with van der Waals surface area (Å²) in [5, 5.41) is 0. The van der Waals surface area contributed by atoms with Crippen LogP contribution in [0.1, 0.15) is 34.7 Å². The largest absolute Gasteiger partial charge is 0.0877 e. The molecule has 0 nitrogen and oxygen atoms in total. The van der Waals surface area contributed by atoms with Gasteiger partial charge in [-0.15, -0.1) is 0 Å². The molecule has 0 amide bonds. The van der Waals surface area contributed by atoms with Gasteiger partial charge in [-0.3, -0.25) is 0 Å². The molecule has 0 atom stereocenters. The Morgan fingerprint density at radius 1 is 0.400 bits per heavy atom. The van der Waals surface area contributed by atoms with Crippen molar-refractivity contribution in [3.05, 3.63) is 204 Å². The first-order chi connectivity index (χ1) is 19.8. The highest BCUT2D eigenvalue weighted by atomic mass is 14.5. The Labute approximate surface area is 238 Å². The quantitative estimate of drug-likeness (QED) is 0.190. The van der Waals surface area contributed by atoms with Crippen LogP contribution in [0.15, 0.2) is 176 Å². The maximum Gasteiger partial charge on any atom is 0.0659 e. The number of allylic oxidation sites excluding steroid dienone is 8. The molecule has 0 aromatic heterocycles. The summed E-state index contributed by atoms with van der Waals surface area (Å²) in [6.07, 6.45) is 8.86. The van der Waals surface area contributed by atoms with Gasteiger partial charge in [-0.1, -0.05) is 176 Å². The lowest BCUT2D eigenvalue weighted by atomic mass is 9.66. The summed E-state index contributed by atoms with van der Waals surface area (Å²) in [6, 6.07) is 54.6. The zero-order valence-electron chi connectivity index (χ0n) is 22.7. The van der Waals surface area contributed by atoms with Crippen LogP contribution in [0.2, 0.25) is 0 Å². The number of benzene rings is 5. The van der Waals surface area contributed by atoms with E-state index in [4.69, 9.17) is 0 Å². The molecule has 5 aromatic rings. The highest BCUT2D eigenvalue weighted by molar-refractivity contribution is 6.32. The van der Waals surface area contributed by atoms with Crippen LogP contribution in [-0.2, 0) is 5.41 Å². The van der Waals surface area contributed by atoms with Gasteiger partial charge < -0.3 is 0 Å². The van der Waals surface area contributed by atoms with Gasteiger partial charge in [0.15, 0.2) is 0 Å². The fourth-order valence-corrected chi connectivity index (χ4v) is 6.07. The lowest BCUT2D eigenvalue weighted by molar-refractivity contribution is 0.916. The van der Waals surface area contributed by atoms with E-state index in [0.717, 1.165) is 0 Å². The summed E-state index contributed by atoms with van der Waals surface area (Å²) in [7, 11) is 0. The van der Waals surface area contributed by atoms with Crippen LogP contribution in [0.4, 0.5) is 0 Å². The molecule has 0 spiro atoms. The van der Waals surface area contributed by atoms with E-state index in [1.807, 2.05) is 0 Å². The molecule has 1 aliphatic carbocycles. The van der Waals surface area contributed by atoms with Crippen LogP contribution in [-0.4, -0.2) is 0 Å². The van der Waals surface area contributed by atoms with Crippen molar-refractivity contribution in [3.63, 3.8) is 0 Å². The molecule has 40 heavy (non-hydrogen) atoms. The Bertz CT molecular complexity index is 1590. The third kappa shape index (κ3) is 4.48. The fraction of sp³-hybridized carbons (Fsp3) is 0.0500. The van der Waals surface area contributed by atoms with Crippen molar-refractivity contribution in [1.82, 2.24) is 0 Å². The summed E-state index contributed by atoms with van der Waals surface area (Å²) in [5.74, 6) is 0. The van der Waals surface area contributed by atoms with Crippen molar-refractivity contribution in [2.45, 2.75) is 12.3 Å². The van der Waals surface area contributed by atoms with Crippen LogP contribution < -0.4 is 0 Å². The van der Waals surface area contributed by atoms with E-state index < -0.39 is 5.41 Å². The first-order valence-electron chi connectivity index (χ1n) is 13.9. The third-order valence-corrected chi connectivity index (χ3v) is 7.67. The minimum Gasteiger partial charge on any atom is -0.0877 e. The molecule has 192 valence electrons. The Hall–Kier alpha value is -4.94. The summed E-state index contributed by atoms with van der Waals surface area (Å²) >= 11 is 0. The predicted molar refractivity (Wildman–Crippen MR) is 171 cm³/mol. The average Bonchev–Trinajstić information content (AvgIpc) is 3.35. The van der Waals surface area contributed by atoms with Gasteiger partial charge >= 0.3 is 0 Å². The maximum absolute atomic E-state index is 2.41. The third-order valence-electron chi connectivity index (χ3n) is 7.67. The molecule has 0 fully saturated rings. The predicted octanol–water partition coefficient (Wildman–Crippen LogP) is 10.3. The monoisotopic (exact) mass is 512 g/mol. The highest BCUT2D eigenvalue weighted by Gasteiger charge is 2.48. The van der Waals surface area contributed by atoms with E-state index in [-0.39, 0.29) is 0 Å². The molecular formula is C40H32. The Morgan fingerprint density at radius 3 is 1.12 bits per heavy atom. The molecule has 0 heteroatoms. The van der Waals surface area contributed by atoms with Crippen LogP contribution in [0.3, 0.4) is 0 Å². The molecule has 0 aliphatic heterocycles. The first kappa shape index (κ1) is 25.3. The Balaban J connectivity index is 1.88. The molecule has 0 saturated carbocycles. The standard InChI is InChI=1S/C40H32/c1-2-3-19-30-40(35-28-17-8-18-29-35)38(33-24-13-6-14-25-33)36(31-20-9-4-10-21-31)37(32-22-11-5-12-23-32)39(40)34-26-15-7-16-27-34/h2-30H,1H3. The van der Waals surface area contributed by atoms with Crippen molar-refractivity contribution in [2.24, 2.45) is 0 Å². The summed E-state index contributed by atoms with van der Waals surface area (Å²) < 4.78 is 0. The second-order valence-corrected chi connectivity index (χ2v) is 10.0. The second kappa shape index (κ2) is 11.4. The van der Waals surface area contributed by atoms with Crippen molar-refractivity contribution in [2.75, 3.05) is 0 Å². The van der Waals surface area contributed by atoms with Crippen LogP contribution >= 0.6 is 0 Å². The molecule has 0 radical (unpaired) electrons. The van der Waals surface area contributed by atoms with Crippen LogP contribution in [0.5, 0.6) is 0 Å². The van der Waals surface area contributed by atoms with E-state index in [0.29, 0.717) is 0 Å². The highest BCUT2D eigenvalue weighted by Crippen LogP contribution is 2.62. The Morgan fingerprint density at radius 2 is 0.750 bits per heavy atom. The minimum absolute atomic E-state index is 0.542. The topological polar surface area (TPSA) is 0 Å². The van der Waals surface area contributed by atoms with Crippen molar-refractivity contribution in [1.29, 1.82) is 0 Å². The van der Waals surface area contributed by atoms with Gasteiger partial charge in [0.1, 0.15) is 0 Å². The molecule has 6 rings (SSSR count). The SMILES string of the molecule is CC=CC=CC1(c2ccccc2)C(c2ccccc2)=C(c2ccccc2)C(c2ccccc2)=C1c1ccccc1. The van der Waals surface area contributed by atoms with Gasteiger partial charge in [0.2, 0.25) is 0 Å². The van der Waals surface area contributed by atoms with Gasteiger partial charge in [-0.05, 0) is 57.0 Å². The molecule has 5 aromatic carbocycles. The normalized spacial score (nSPS) is 14.9. The average molecular weight is 513 g/mol. The van der Waals surface area contributed by atoms with Gasteiger partial charge in [-0.2, -0.15) is 0 Å².